The minimum Gasteiger partial charge on any atom is -0.487 e. The minimum atomic E-state index is 0.112. The molecule has 2 aromatic rings. The fourth-order valence-electron chi connectivity index (χ4n) is 1.85. The van der Waals surface area contributed by atoms with Gasteiger partial charge in [0.2, 0.25) is 0 Å². The molecule has 114 valence electrons. The normalized spacial score (nSPS) is 11.7. The summed E-state index contributed by atoms with van der Waals surface area (Å²) in [5.41, 5.74) is 3.47. The molecule has 1 heterocycles. The Morgan fingerprint density at radius 2 is 2.00 bits per heavy atom. The Morgan fingerprint density at radius 3 is 2.71 bits per heavy atom. The van der Waals surface area contributed by atoms with Crippen LogP contribution in [0.2, 0.25) is 0 Å². The van der Waals surface area contributed by atoms with Gasteiger partial charge in [0.05, 0.1) is 5.69 Å². The van der Waals surface area contributed by atoms with Gasteiger partial charge < -0.3 is 10.1 Å². The van der Waals surface area contributed by atoms with Gasteiger partial charge in [0.25, 0.3) is 0 Å². The Morgan fingerprint density at radius 1 is 1.24 bits per heavy atom. The number of benzene rings is 1. The molecule has 0 saturated heterocycles. The van der Waals surface area contributed by atoms with Crippen molar-refractivity contribution in [1.29, 1.82) is 0 Å². The highest BCUT2D eigenvalue weighted by Crippen LogP contribution is 2.21. The van der Waals surface area contributed by atoms with Crippen LogP contribution in [0.3, 0.4) is 0 Å². The molecule has 1 aromatic heterocycles. The molecule has 0 unspecified atom stereocenters. The molecule has 0 aliphatic rings. The van der Waals surface area contributed by atoms with Crippen LogP contribution in [0.25, 0.3) is 0 Å². The van der Waals surface area contributed by atoms with Crippen molar-refractivity contribution in [3.63, 3.8) is 0 Å². The first kappa shape index (κ1) is 16.0. The quantitative estimate of drug-likeness (QED) is 0.897. The molecule has 0 aliphatic heterocycles. The van der Waals surface area contributed by atoms with Crippen molar-refractivity contribution in [2.75, 3.05) is 0 Å². The fraction of sp³-hybridized carbons (Fsp3) is 0.471. The highest BCUT2D eigenvalue weighted by molar-refractivity contribution is 7.09. The average Bonchev–Trinajstić information content (AvgIpc) is 2.85. The van der Waals surface area contributed by atoms with Crippen molar-refractivity contribution < 1.29 is 4.74 Å². The van der Waals surface area contributed by atoms with E-state index >= 15 is 0 Å². The molecule has 4 heteroatoms. The van der Waals surface area contributed by atoms with E-state index in [1.165, 1.54) is 5.56 Å². The maximum atomic E-state index is 5.89. The Balaban J connectivity index is 1.92. The molecule has 0 amide bonds. The summed E-state index contributed by atoms with van der Waals surface area (Å²) in [4.78, 5) is 4.61. The molecule has 21 heavy (non-hydrogen) atoms. The zero-order chi connectivity index (χ0) is 15.5. The van der Waals surface area contributed by atoms with Gasteiger partial charge in [-0.05, 0) is 51.8 Å². The van der Waals surface area contributed by atoms with Gasteiger partial charge in [0, 0.05) is 17.5 Å². The van der Waals surface area contributed by atoms with E-state index in [1.54, 1.807) is 11.3 Å². The van der Waals surface area contributed by atoms with E-state index in [0.717, 1.165) is 28.6 Å². The number of rotatable bonds is 5. The van der Waals surface area contributed by atoms with Crippen LogP contribution in [-0.4, -0.2) is 10.5 Å². The van der Waals surface area contributed by atoms with Crippen LogP contribution in [0.4, 0.5) is 0 Å². The Labute approximate surface area is 131 Å². The number of aromatic nitrogens is 1. The van der Waals surface area contributed by atoms with Gasteiger partial charge in [-0.2, -0.15) is 0 Å². The summed E-state index contributed by atoms with van der Waals surface area (Å²) in [6.45, 7) is 11.9. The molecule has 2 rings (SSSR count). The van der Waals surface area contributed by atoms with E-state index in [9.17, 15) is 0 Å². The lowest BCUT2D eigenvalue weighted by Crippen LogP contribution is -2.35. The van der Waals surface area contributed by atoms with E-state index in [4.69, 9.17) is 4.74 Å². The summed E-state index contributed by atoms with van der Waals surface area (Å²) in [7, 11) is 0. The number of hydrogen-bond acceptors (Lipinski definition) is 4. The van der Waals surface area contributed by atoms with Gasteiger partial charge >= 0.3 is 0 Å². The highest BCUT2D eigenvalue weighted by atomic mass is 32.1. The topological polar surface area (TPSA) is 34.1 Å². The number of thiazole rings is 1. The second-order valence-corrected chi connectivity index (χ2v) is 7.34. The van der Waals surface area contributed by atoms with Crippen LogP contribution in [0, 0.1) is 13.8 Å². The maximum Gasteiger partial charge on any atom is 0.131 e. The third-order valence-electron chi connectivity index (χ3n) is 3.09. The summed E-state index contributed by atoms with van der Waals surface area (Å²) >= 11 is 1.68. The smallest absolute Gasteiger partial charge is 0.131 e. The summed E-state index contributed by atoms with van der Waals surface area (Å²) in [5, 5.41) is 6.62. The Kier molecular flexibility index (Phi) is 5.01. The van der Waals surface area contributed by atoms with Crippen molar-refractivity contribution in [1.82, 2.24) is 10.3 Å². The van der Waals surface area contributed by atoms with E-state index in [2.05, 4.69) is 68.5 Å². The van der Waals surface area contributed by atoms with Crippen molar-refractivity contribution in [3.8, 4) is 5.75 Å². The summed E-state index contributed by atoms with van der Waals surface area (Å²) in [6.07, 6.45) is 0. The molecule has 0 fully saturated rings. The summed E-state index contributed by atoms with van der Waals surface area (Å²) in [5.74, 6) is 0.942. The minimum absolute atomic E-state index is 0.112. The predicted molar refractivity (Wildman–Crippen MR) is 89.0 cm³/mol. The van der Waals surface area contributed by atoms with Crippen molar-refractivity contribution in [3.05, 3.63) is 45.4 Å². The van der Waals surface area contributed by atoms with E-state index in [-0.39, 0.29) is 5.54 Å². The molecule has 3 nitrogen and oxygen atoms in total. The first-order chi connectivity index (χ1) is 9.83. The van der Waals surface area contributed by atoms with Gasteiger partial charge in [-0.25, -0.2) is 4.98 Å². The number of aryl methyl sites for hydroxylation is 2. The summed E-state index contributed by atoms with van der Waals surface area (Å²) < 4.78 is 5.89. The lowest BCUT2D eigenvalue weighted by molar-refractivity contribution is 0.299. The molecule has 0 bridgehead atoms. The molecule has 1 aromatic carbocycles. The van der Waals surface area contributed by atoms with Gasteiger partial charge in [-0.1, -0.05) is 12.1 Å². The van der Waals surface area contributed by atoms with Gasteiger partial charge in [-0.3, -0.25) is 0 Å². The van der Waals surface area contributed by atoms with E-state index in [0.29, 0.717) is 6.61 Å². The maximum absolute atomic E-state index is 5.89. The second-order valence-electron chi connectivity index (χ2n) is 6.39. The van der Waals surface area contributed by atoms with Gasteiger partial charge in [-0.15, -0.1) is 11.3 Å². The zero-order valence-corrected chi connectivity index (χ0v) is 14.3. The van der Waals surface area contributed by atoms with Crippen LogP contribution in [0.1, 0.15) is 42.6 Å². The SMILES string of the molecule is Cc1ccc(C)c(OCc2csc(CNC(C)(C)C)n2)c1. The monoisotopic (exact) mass is 304 g/mol. The van der Waals surface area contributed by atoms with Crippen molar-refractivity contribution in [2.45, 2.75) is 53.3 Å². The molecular weight excluding hydrogens is 280 g/mol. The Hall–Kier alpha value is -1.39. The highest BCUT2D eigenvalue weighted by Gasteiger charge is 2.10. The largest absolute Gasteiger partial charge is 0.487 e. The molecule has 0 atom stereocenters. The zero-order valence-electron chi connectivity index (χ0n) is 13.5. The van der Waals surface area contributed by atoms with E-state index in [1.807, 2.05) is 0 Å². The molecule has 0 aliphatic carbocycles. The van der Waals surface area contributed by atoms with Crippen LogP contribution < -0.4 is 10.1 Å². The van der Waals surface area contributed by atoms with Crippen LogP contribution in [0.15, 0.2) is 23.6 Å². The third-order valence-corrected chi connectivity index (χ3v) is 3.99. The van der Waals surface area contributed by atoms with Crippen LogP contribution in [-0.2, 0) is 13.2 Å². The molecule has 1 N–H and O–H groups in total. The summed E-state index contributed by atoms with van der Waals surface area (Å²) in [6, 6.07) is 6.26. The van der Waals surface area contributed by atoms with Crippen LogP contribution >= 0.6 is 11.3 Å². The first-order valence-corrected chi connectivity index (χ1v) is 8.10. The van der Waals surface area contributed by atoms with Gasteiger partial charge in [0.1, 0.15) is 17.4 Å². The lowest BCUT2D eigenvalue weighted by atomic mass is 10.1. The predicted octanol–water partition coefficient (Wildman–Crippen LogP) is 4.23. The second kappa shape index (κ2) is 6.58. The number of hydrogen-bond donors (Lipinski definition) is 1. The molecule has 0 saturated carbocycles. The third kappa shape index (κ3) is 5.14. The Bertz CT molecular complexity index is 599. The standard InChI is InChI=1S/C17H24N2OS/c1-12-6-7-13(2)15(8-12)20-10-14-11-21-16(19-14)9-18-17(3,4)5/h6-8,11,18H,9-10H2,1-5H3. The van der Waals surface area contributed by atoms with Crippen molar-refractivity contribution in [2.24, 2.45) is 0 Å². The van der Waals surface area contributed by atoms with Crippen molar-refractivity contribution >= 4 is 11.3 Å². The van der Waals surface area contributed by atoms with E-state index < -0.39 is 0 Å². The molecular formula is C17H24N2OS. The van der Waals surface area contributed by atoms with Gasteiger partial charge in [0.15, 0.2) is 0 Å². The molecule has 0 spiro atoms. The lowest BCUT2D eigenvalue weighted by Gasteiger charge is -2.19. The van der Waals surface area contributed by atoms with Crippen LogP contribution in [0.5, 0.6) is 5.75 Å². The average molecular weight is 304 g/mol. The first-order valence-electron chi connectivity index (χ1n) is 7.22. The number of ether oxygens (including phenoxy) is 1. The number of nitrogens with zero attached hydrogens (tertiary/aromatic N) is 1. The fourth-order valence-corrected chi connectivity index (χ4v) is 2.57. The number of nitrogens with one attached hydrogen (secondary N) is 1. The molecule has 0 radical (unpaired) electrons.